The fraction of sp³-hybridized carbons (Fsp3) is 0.600. The lowest BCUT2D eigenvalue weighted by atomic mass is 9.80. The highest BCUT2D eigenvalue weighted by Gasteiger charge is 2.28. The molecule has 10 heteroatoms. The molecular formula is C30H41N7O2S. The Morgan fingerprint density at radius 2 is 1.85 bits per heavy atom. The van der Waals surface area contributed by atoms with Gasteiger partial charge in [-0.2, -0.15) is 0 Å². The number of nitrogens with zero attached hydrogens (tertiary/aromatic N) is 5. The van der Waals surface area contributed by atoms with Crippen LogP contribution in [0.1, 0.15) is 83.0 Å². The van der Waals surface area contributed by atoms with E-state index in [9.17, 15) is 8.42 Å². The van der Waals surface area contributed by atoms with E-state index in [4.69, 9.17) is 26.4 Å². The molecule has 2 fully saturated rings. The number of anilines is 1. The zero-order valence-electron chi connectivity index (χ0n) is 24.0. The zero-order chi connectivity index (χ0) is 28.4. The molecule has 3 heterocycles. The molecule has 1 atom stereocenters. The first-order chi connectivity index (χ1) is 19.1. The van der Waals surface area contributed by atoms with Gasteiger partial charge in [0.05, 0.1) is 12.8 Å². The van der Waals surface area contributed by atoms with Crippen molar-refractivity contribution in [3.8, 4) is 23.9 Å². The first-order valence-corrected chi connectivity index (χ1v) is 16.4. The number of rotatable bonds is 10. The largest absolute Gasteiger partial charge is 0.365 e. The highest BCUT2D eigenvalue weighted by atomic mass is 32.2. The van der Waals surface area contributed by atoms with E-state index < -0.39 is 10.0 Å². The van der Waals surface area contributed by atoms with Crippen molar-refractivity contribution in [2.45, 2.75) is 90.8 Å². The van der Waals surface area contributed by atoms with E-state index in [0.717, 1.165) is 55.5 Å². The van der Waals surface area contributed by atoms with Crippen molar-refractivity contribution in [3.63, 3.8) is 0 Å². The van der Waals surface area contributed by atoms with Crippen molar-refractivity contribution in [1.29, 1.82) is 0 Å². The lowest BCUT2D eigenvalue weighted by Crippen LogP contribution is -2.32. The molecule has 0 unspecified atom stereocenters. The van der Waals surface area contributed by atoms with Crippen LogP contribution in [0.4, 0.5) is 5.82 Å². The lowest BCUT2D eigenvalue weighted by molar-refractivity contribution is 0.284. The molecule has 0 radical (unpaired) electrons. The maximum atomic E-state index is 11.8. The smallest absolute Gasteiger partial charge is 0.209 e. The van der Waals surface area contributed by atoms with Crippen molar-refractivity contribution in [2.75, 3.05) is 11.6 Å². The van der Waals surface area contributed by atoms with E-state index in [1.165, 1.54) is 24.8 Å². The van der Waals surface area contributed by atoms with Gasteiger partial charge >= 0.3 is 0 Å². The van der Waals surface area contributed by atoms with Gasteiger partial charge in [0.25, 0.3) is 0 Å². The van der Waals surface area contributed by atoms with Crippen molar-refractivity contribution in [1.82, 2.24) is 29.2 Å². The van der Waals surface area contributed by atoms with Crippen molar-refractivity contribution < 1.29 is 8.42 Å². The van der Waals surface area contributed by atoms with Crippen LogP contribution in [0, 0.1) is 30.1 Å². The quantitative estimate of drug-likeness (QED) is 0.330. The Labute approximate surface area is 238 Å². The van der Waals surface area contributed by atoms with Gasteiger partial charge < -0.3 is 9.88 Å². The molecule has 40 heavy (non-hydrogen) atoms. The predicted molar refractivity (Wildman–Crippen MR) is 159 cm³/mol. The van der Waals surface area contributed by atoms with E-state index >= 15 is 0 Å². The first kappa shape index (κ1) is 28.5. The number of hydrogen-bond acceptors (Lipinski definition) is 7. The Bertz CT molecular complexity index is 1500. The van der Waals surface area contributed by atoms with Crippen LogP contribution in [0.3, 0.4) is 0 Å². The number of hydrogen-bond donors (Lipinski definition) is 2. The van der Waals surface area contributed by atoms with Crippen LogP contribution in [0.15, 0.2) is 18.3 Å². The molecule has 3 aromatic rings. The van der Waals surface area contributed by atoms with Gasteiger partial charge in [-0.05, 0) is 80.9 Å². The average Bonchev–Trinajstić information content (AvgIpc) is 3.25. The van der Waals surface area contributed by atoms with Gasteiger partial charge in [-0.15, -0.1) is 12.3 Å². The molecule has 9 nitrogen and oxygen atoms in total. The third-order valence-corrected chi connectivity index (χ3v) is 9.23. The van der Waals surface area contributed by atoms with Crippen LogP contribution in [-0.2, 0) is 23.1 Å². The van der Waals surface area contributed by atoms with E-state index in [1.54, 1.807) is 0 Å². The summed E-state index contributed by atoms with van der Waals surface area (Å²) < 4.78 is 28.5. The summed E-state index contributed by atoms with van der Waals surface area (Å²) >= 11 is 0. The molecule has 214 valence electrons. The second-order valence-electron chi connectivity index (χ2n) is 11.9. The molecule has 0 aliphatic heterocycles. The minimum Gasteiger partial charge on any atom is -0.365 e. The number of nitrogens with one attached hydrogen (secondary N) is 2. The lowest BCUT2D eigenvalue weighted by Gasteiger charge is -2.32. The normalized spacial score (nSPS) is 20.8. The standard InChI is InChI=1S/C30H41N7O2S/c1-6-21-10-12-22(13-11-21)18-37-27-28(33-20(4)23-8-7-9-23)34-26(17-32-40(5,38)39)35-29(27)36-30(37)25-16-24(19(2)3)14-15-31-25/h1,14-16,19-23,32H,7-13,17-18H2,2-5H3,(H,33,34,35)/t20-,21?,22?/m1/s1. The molecule has 2 saturated carbocycles. The second kappa shape index (κ2) is 11.8. The average molecular weight is 564 g/mol. The van der Waals surface area contributed by atoms with Crippen molar-refractivity contribution in [2.24, 2.45) is 17.8 Å². The van der Waals surface area contributed by atoms with Crippen molar-refractivity contribution >= 4 is 27.0 Å². The fourth-order valence-electron chi connectivity index (χ4n) is 5.80. The molecule has 0 spiro atoms. The summed E-state index contributed by atoms with van der Waals surface area (Å²) in [5.74, 6) is 6.54. The summed E-state index contributed by atoms with van der Waals surface area (Å²) in [5.41, 5.74) is 3.39. The predicted octanol–water partition coefficient (Wildman–Crippen LogP) is 5.10. The van der Waals surface area contributed by atoms with Crippen LogP contribution in [-0.4, -0.2) is 45.2 Å². The summed E-state index contributed by atoms with van der Waals surface area (Å²) in [6.45, 7) is 7.31. The molecule has 0 bridgehead atoms. The summed E-state index contributed by atoms with van der Waals surface area (Å²) in [7, 11) is -3.40. The molecule has 2 aliphatic carbocycles. The number of fused-ring (bicyclic) bond motifs is 1. The number of pyridine rings is 1. The minimum atomic E-state index is -3.40. The van der Waals surface area contributed by atoms with E-state index in [2.05, 4.69) is 47.4 Å². The molecular weight excluding hydrogens is 522 g/mol. The molecule has 2 aliphatic rings. The molecule has 5 rings (SSSR count). The Kier molecular flexibility index (Phi) is 8.43. The third-order valence-electron chi connectivity index (χ3n) is 8.57. The van der Waals surface area contributed by atoms with Crippen LogP contribution in [0.25, 0.3) is 22.7 Å². The van der Waals surface area contributed by atoms with E-state index in [0.29, 0.717) is 41.0 Å². The molecule has 0 saturated heterocycles. The van der Waals surface area contributed by atoms with Gasteiger partial charge in [0, 0.05) is 24.7 Å². The Morgan fingerprint density at radius 1 is 1.10 bits per heavy atom. The number of aromatic nitrogens is 5. The summed E-state index contributed by atoms with van der Waals surface area (Å²) in [6.07, 6.45) is 16.5. The van der Waals surface area contributed by atoms with Crippen LogP contribution in [0.5, 0.6) is 0 Å². The monoisotopic (exact) mass is 563 g/mol. The van der Waals surface area contributed by atoms with Gasteiger partial charge in [-0.25, -0.2) is 28.1 Å². The Balaban J connectivity index is 1.63. The zero-order valence-corrected chi connectivity index (χ0v) is 24.8. The van der Waals surface area contributed by atoms with Crippen LogP contribution < -0.4 is 10.0 Å². The van der Waals surface area contributed by atoms with Gasteiger partial charge in [0.15, 0.2) is 17.3 Å². The highest BCUT2D eigenvalue weighted by Crippen LogP contribution is 2.36. The first-order valence-electron chi connectivity index (χ1n) is 14.5. The molecule has 0 amide bonds. The Hall–Kier alpha value is -3.03. The third kappa shape index (κ3) is 6.47. The van der Waals surface area contributed by atoms with Gasteiger partial charge in [0.2, 0.25) is 10.0 Å². The molecule has 0 aromatic carbocycles. The van der Waals surface area contributed by atoms with Gasteiger partial charge in [0.1, 0.15) is 17.0 Å². The maximum absolute atomic E-state index is 11.8. The van der Waals surface area contributed by atoms with Crippen LogP contribution >= 0.6 is 0 Å². The highest BCUT2D eigenvalue weighted by molar-refractivity contribution is 7.88. The number of terminal acetylenes is 1. The van der Waals surface area contributed by atoms with E-state index in [1.807, 2.05) is 12.3 Å². The minimum absolute atomic E-state index is 0.000638. The van der Waals surface area contributed by atoms with Gasteiger partial charge in [-0.1, -0.05) is 20.3 Å². The van der Waals surface area contributed by atoms with Crippen molar-refractivity contribution in [3.05, 3.63) is 29.7 Å². The number of sulfonamides is 1. The molecule has 2 N–H and O–H groups in total. The molecule has 3 aromatic heterocycles. The summed E-state index contributed by atoms with van der Waals surface area (Å²) in [5, 5.41) is 3.68. The summed E-state index contributed by atoms with van der Waals surface area (Å²) in [4.78, 5) is 19.4. The second-order valence-corrected chi connectivity index (χ2v) is 13.8. The Morgan fingerprint density at radius 3 is 2.48 bits per heavy atom. The van der Waals surface area contributed by atoms with E-state index in [-0.39, 0.29) is 12.6 Å². The maximum Gasteiger partial charge on any atom is 0.209 e. The SMILES string of the molecule is C#CC1CCC(Cn2c(-c3cc(C(C)C)ccn3)nc3nc(CNS(C)(=O)=O)nc(N[C@H](C)C4CCC4)c32)CC1. The van der Waals surface area contributed by atoms with Crippen LogP contribution in [0.2, 0.25) is 0 Å². The summed E-state index contributed by atoms with van der Waals surface area (Å²) in [6, 6.07) is 4.38. The van der Waals surface area contributed by atoms with Gasteiger partial charge in [-0.3, -0.25) is 4.98 Å². The number of imidazole rings is 1. The topological polar surface area (TPSA) is 115 Å². The fourth-order valence-corrected chi connectivity index (χ4v) is 6.19.